The van der Waals surface area contributed by atoms with Gasteiger partial charge < -0.3 is 19.1 Å². The van der Waals surface area contributed by atoms with Crippen LogP contribution in [0.2, 0.25) is 0 Å². The van der Waals surface area contributed by atoms with Gasteiger partial charge in [-0.05, 0) is 38.8 Å². The number of piperidine rings is 1. The Morgan fingerprint density at radius 2 is 1.76 bits per heavy atom. The molecule has 0 N–H and O–H groups in total. The van der Waals surface area contributed by atoms with Crippen molar-refractivity contribution in [1.82, 2.24) is 9.21 Å². The van der Waals surface area contributed by atoms with Crippen LogP contribution in [0.15, 0.2) is 23.1 Å². The number of methoxy groups -OCH3 is 2. The number of carbonyl (C=O) groups excluding carboxylic acids is 1. The first-order valence-corrected chi connectivity index (χ1v) is 11.3. The van der Waals surface area contributed by atoms with Crippen LogP contribution in [0.4, 0.5) is 0 Å². The van der Waals surface area contributed by atoms with E-state index in [1.165, 1.54) is 30.7 Å². The molecule has 0 aromatic heterocycles. The number of morpholine rings is 1. The van der Waals surface area contributed by atoms with E-state index in [1.54, 1.807) is 6.07 Å². The predicted molar refractivity (Wildman–Crippen MR) is 108 cm³/mol. The van der Waals surface area contributed by atoms with Gasteiger partial charge in [-0.15, -0.1) is 0 Å². The quantitative estimate of drug-likeness (QED) is 0.713. The van der Waals surface area contributed by atoms with Gasteiger partial charge in [0.25, 0.3) is 0 Å². The van der Waals surface area contributed by atoms with Gasteiger partial charge in [-0.2, -0.15) is 4.31 Å². The fraction of sp³-hybridized carbons (Fsp3) is 0.650. The number of sulfonamides is 1. The summed E-state index contributed by atoms with van der Waals surface area (Å²) in [6.07, 6.45) is 1.03. The summed E-state index contributed by atoms with van der Waals surface area (Å²) in [6, 6.07) is 4.58. The molecule has 29 heavy (non-hydrogen) atoms. The van der Waals surface area contributed by atoms with Crippen LogP contribution in [-0.4, -0.2) is 76.1 Å². The summed E-state index contributed by atoms with van der Waals surface area (Å²) in [5, 5.41) is 0. The van der Waals surface area contributed by atoms with Crippen LogP contribution in [0.1, 0.15) is 26.7 Å². The maximum absolute atomic E-state index is 13.1. The van der Waals surface area contributed by atoms with E-state index in [-0.39, 0.29) is 22.3 Å². The fourth-order valence-electron chi connectivity index (χ4n) is 3.96. The van der Waals surface area contributed by atoms with Crippen LogP contribution in [0, 0.1) is 5.92 Å². The Kier molecular flexibility index (Phi) is 6.40. The summed E-state index contributed by atoms with van der Waals surface area (Å²) in [7, 11) is -0.689. The Hall–Kier alpha value is -1.84. The zero-order chi connectivity index (χ0) is 21.2. The highest BCUT2D eigenvalue weighted by Crippen LogP contribution is 2.33. The SMILES string of the molecule is COc1ccc(S(=O)(=O)N2CCC(C(=O)N3CCOCC3(C)C)CC2)cc1OC. The van der Waals surface area contributed by atoms with Crippen LogP contribution in [0.3, 0.4) is 0 Å². The molecule has 2 saturated heterocycles. The molecule has 8 nitrogen and oxygen atoms in total. The number of hydrogen-bond donors (Lipinski definition) is 0. The van der Waals surface area contributed by atoms with Gasteiger partial charge >= 0.3 is 0 Å². The minimum absolute atomic E-state index is 0.0986. The molecular weight excluding hydrogens is 396 g/mol. The molecule has 3 rings (SSSR count). The monoisotopic (exact) mass is 426 g/mol. The van der Waals surface area contributed by atoms with Crippen LogP contribution in [0.5, 0.6) is 11.5 Å². The Labute approximate surface area is 172 Å². The predicted octanol–water partition coefficient (Wildman–Crippen LogP) is 1.74. The lowest BCUT2D eigenvalue weighted by Crippen LogP contribution is -2.58. The lowest BCUT2D eigenvalue weighted by Gasteiger charge is -2.44. The molecule has 2 aliphatic rings. The molecule has 0 radical (unpaired) electrons. The molecule has 0 spiro atoms. The van der Waals surface area contributed by atoms with Gasteiger partial charge in [0, 0.05) is 31.6 Å². The van der Waals surface area contributed by atoms with E-state index in [0.717, 1.165) is 0 Å². The zero-order valence-electron chi connectivity index (χ0n) is 17.5. The highest BCUT2D eigenvalue weighted by molar-refractivity contribution is 7.89. The van der Waals surface area contributed by atoms with Gasteiger partial charge in [0.05, 0.1) is 37.9 Å². The Bertz CT molecular complexity index is 847. The second kappa shape index (κ2) is 8.49. The van der Waals surface area contributed by atoms with Crippen LogP contribution in [0.25, 0.3) is 0 Å². The van der Waals surface area contributed by atoms with E-state index in [1.807, 2.05) is 18.7 Å². The van der Waals surface area contributed by atoms with Gasteiger partial charge in [0.15, 0.2) is 11.5 Å². The van der Waals surface area contributed by atoms with E-state index in [2.05, 4.69) is 0 Å². The Balaban J connectivity index is 1.69. The topological polar surface area (TPSA) is 85.4 Å². The van der Waals surface area contributed by atoms with Crippen molar-refractivity contribution >= 4 is 15.9 Å². The van der Waals surface area contributed by atoms with Crippen LogP contribution in [-0.2, 0) is 19.6 Å². The number of rotatable bonds is 5. The lowest BCUT2D eigenvalue weighted by atomic mass is 9.93. The summed E-state index contributed by atoms with van der Waals surface area (Å²) in [6.45, 7) is 6.28. The van der Waals surface area contributed by atoms with E-state index < -0.39 is 10.0 Å². The summed E-state index contributed by atoms with van der Waals surface area (Å²) >= 11 is 0. The fourth-order valence-corrected chi connectivity index (χ4v) is 5.44. The lowest BCUT2D eigenvalue weighted by molar-refractivity contribution is -0.151. The molecular formula is C20H30N2O6S. The summed E-state index contributed by atoms with van der Waals surface area (Å²) in [5.74, 6) is 0.780. The average Bonchev–Trinajstić information content (AvgIpc) is 2.72. The molecule has 0 bridgehead atoms. The largest absolute Gasteiger partial charge is 0.493 e. The molecule has 1 amide bonds. The number of hydrogen-bond acceptors (Lipinski definition) is 6. The van der Waals surface area contributed by atoms with E-state index >= 15 is 0 Å². The second-order valence-corrected chi connectivity index (χ2v) is 9.99. The molecule has 0 aliphatic carbocycles. The number of carbonyl (C=O) groups is 1. The molecule has 0 atom stereocenters. The van der Waals surface area contributed by atoms with E-state index in [0.29, 0.717) is 57.2 Å². The first-order valence-electron chi connectivity index (χ1n) is 9.82. The third kappa shape index (κ3) is 4.36. The van der Waals surface area contributed by atoms with E-state index in [4.69, 9.17) is 14.2 Å². The zero-order valence-corrected chi connectivity index (χ0v) is 18.3. The summed E-state index contributed by atoms with van der Waals surface area (Å²) in [5.41, 5.74) is -0.335. The highest BCUT2D eigenvalue weighted by Gasteiger charge is 2.39. The maximum atomic E-state index is 13.1. The molecule has 9 heteroatoms. The molecule has 1 aromatic carbocycles. The smallest absolute Gasteiger partial charge is 0.243 e. The standard InChI is InChI=1S/C20H30N2O6S/c1-20(2)14-28-12-11-22(20)19(23)15-7-9-21(10-8-15)29(24,25)16-5-6-17(26-3)18(13-16)27-4/h5-6,13,15H,7-12,14H2,1-4H3. The normalized spacial score (nSPS) is 21.0. The maximum Gasteiger partial charge on any atom is 0.243 e. The van der Waals surface area contributed by atoms with Crippen LogP contribution >= 0.6 is 0 Å². The number of nitrogens with zero attached hydrogens (tertiary/aromatic N) is 2. The third-order valence-electron chi connectivity index (χ3n) is 5.71. The van der Waals surface area contributed by atoms with Crippen LogP contribution < -0.4 is 9.47 Å². The molecule has 2 fully saturated rings. The van der Waals surface area contributed by atoms with Crippen molar-refractivity contribution in [3.8, 4) is 11.5 Å². The molecule has 162 valence electrons. The van der Waals surface area contributed by atoms with Crippen molar-refractivity contribution in [1.29, 1.82) is 0 Å². The van der Waals surface area contributed by atoms with Crippen molar-refractivity contribution in [3.63, 3.8) is 0 Å². The first kappa shape index (κ1) is 21.9. The van der Waals surface area contributed by atoms with Gasteiger partial charge in [-0.3, -0.25) is 4.79 Å². The Morgan fingerprint density at radius 1 is 1.10 bits per heavy atom. The average molecular weight is 427 g/mol. The van der Waals surface area contributed by atoms with Gasteiger partial charge in [0.1, 0.15) is 0 Å². The van der Waals surface area contributed by atoms with E-state index in [9.17, 15) is 13.2 Å². The Morgan fingerprint density at radius 3 is 2.34 bits per heavy atom. The second-order valence-electron chi connectivity index (χ2n) is 8.05. The number of ether oxygens (including phenoxy) is 3. The van der Waals surface area contributed by atoms with Crippen molar-refractivity contribution in [2.45, 2.75) is 37.1 Å². The van der Waals surface area contributed by atoms with Gasteiger partial charge in [-0.1, -0.05) is 0 Å². The molecule has 2 heterocycles. The highest BCUT2D eigenvalue weighted by atomic mass is 32.2. The van der Waals surface area contributed by atoms with Crippen molar-refractivity contribution in [2.24, 2.45) is 5.92 Å². The molecule has 2 aliphatic heterocycles. The van der Waals surface area contributed by atoms with Crippen molar-refractivity contribution < 1.29 is 27.4 Å². The van der Waals surface area contributed by atoms with Gasteiger partial charge in [0.2, 0.25) is 15.9 Å². The molecule has 1 aromatic rings. The minimum atomic E-state index is -3.66. The van der Waals surface area contributed by atoms with Gasteiger partial charge in [-0.25, -0.2) is 8.42 Å². The first-order chi connectivity index (χ1) is 13.7. The van der Waals surface area contributed by atoms with Crippen molar-refractivity contribution in [2.75, 3.05) is 47.1 Å². The summed E-state index contributed by atoms with van der Waals surface area (Å²) < 4.78 is 43.5. The minimum Gasteiger partial charge on any atom is -0.493 e. The number of amides is 1. The molecule has 0 unspecified atom stereocenters. The van der Waals surface area contributed by atoms with Crippen molar-refractivity contribution in [3.05, 3.63) is 18.2 Å². The summed E-state index contributed by atoms with van der Waals surface area (Å²) in [4.78, 5) is 15.1. The number of benzene rings is 1. The molecule has 0 saturated carbocycles. The third-order valence-corrected chi connectivity index (χ3v) is 7.60.